The summed E-state index contributed by atoms with van der Waals surface area (Å²) in [6.07, 6.45) is 1.62. The summed E-state index contributed by atoms with van der Waals surface area (Å²) in [5.41, 5.74) is 7.72. The second-order valence-electron chi connectivity index (χ2n) is 4.57. The molecule has 1 aromatic heterocycles. The number of amides is 1. The molecule has 0 aliphatic carbocycles. The lowest BCUT2D eigenvalue weighted by molar-refractivity contribution is 0.1000. The van der Waals surface area contributed by atoms with E-state index in [0.717, 1.165) is 0 Å². The Bertz CT molecular complexity index is 714. The molecule has 0 atom stereocenters. The van der Waals surface area contributed by atoms with Crippen molar-refractivity contribution in [3.05, 3.63) is 35.7 Å². The van der Waals surface area contributed by atoms with Crippen molar-refractivity contribution in [2.24, 2.45) is 5.73 Å². The molecular formula is C16H18N2O4. The van der Waals surface area contributed by atoms with E-state index < -0.39 is 5.91 Å². The number of carbonyl (C=O) groups is 1. The van der Waals surface area contributed by atoms with Crippen LogP contribution in [-0.2, 0) is 0 Å². The molecule has 2 aromatic rings. The molecule has 22 heavy (non-hydrogen) atoms. The molecule has 1 amide bonds. The van der Waals surface area contributed by atoms with Crippen molar-refractivity contribution in [3.63, 3.8) is 0 Å². The summed E-state index contributed by atoms with van der Waals surface area (Å²) in [5, 5.41) is 0. The van der Waals surface area contributed by atoms with E-state index in [1.165, 1.54) is 14.2 Å². The average molecular weight is 302 g/mol. The molecular weight excluding hydrogens is 284 g/mol. The third kappa shape index (κ3) is 2.55. The van der Waals surface area contributed by atoms with E-state index in [2.05, 4.69) is 4.98 Å². The van der Waals surface area contributed by atoms with Crippen LogP contribution in [-0.4, -0.2) is 32.2 Å². The highest BCUT2D eigenvalue weighted by Crippen LogP contribution is 2.45. The zero-order valence-electron chi connectivity index (χ0n) is 13.0. The lowest BCUT2D eigenvalue weighted by Crippen LogP contribution is -2.15. The van der Waals surface area contributed by atoms with Crippen molar-refractivity contribution >= 4 is 5.91 Å². The fourth-order valence-corrected chi connectivity index (χ4v) is 2.42. The number of ether oxygens (including phenoxy) is 3. The van der Waals surface area contributed by atoms with Gasteiger partial charge in [-0.25, -0.2) is 0 Å². The molecule has 0 saturated heterocycles. The molecule has 2 N–H and O–H groups in total. The van der Waals surface area contributed by atoms with Gasteiger partial charge in [0.15, 0.2) is 11.5 Å². The SMILES string of the molecule is COc1ccc(-c2ccnc(C)c2C(N)=O)c(OC)c1OC. The summed E-state index contributed by atoms with van der Waals surface area (Å²) >= 11 is 0. The van der Waals surface area contributed by atoms with Crippen molar-refractivity contribution in [2.45, 2.75) is 6.92 Å². The Morgan fingerprint density at radius 2 is 1.68 bits per heavy atom. The quantitative estimate of drug-likeness (QED) is 0.915. The highest BCUT2D eigenvalue weighted by Gasteiger charge is 2.21. The predicted octanol–water partition coefficient (Wildman–Crippen LogP) is 2.18. The zero-order chi connectivity index (χ0) is 16.3. The lowest BCUT2D eigenvalue weighted by atomic mass is 9.97. The van der Waals surface area contributed by atoms with Crippen LogP contribution in [0.15, 0.2) is 24.4 Å². The Balaban J connectivity index is 2.79. The van der Waals surface area contributed by atoms with Crippen LogP contribution < -0.4 is 19.9 Å². The Morgan fingerprint density at radius 1 is 1.00 bits per heavy atom. The van der Waals surface area contributed by atoms with Gasteiger partial charge in [-0.2, -0.15) is 0 Å². The second kappa shape index (κ2) is 6.34. The van der Waals surface area contributed by atoms with Gasteiger partial charge in [0.05, 0.1) is 32.6 Å². The minimum atomic E-state index is -0.544. The van der Waals surface area contributed by atoms with Crippen LogP contribution in [0.1, 0.15) is 16.1 Å². The van der Waals surface area contributed by atoms with Crippen molar-refractivity contribution < 1.29 is 19.0 Å². The topological polar surface area (TPSA) is 83.7 Å². The minimum Gasteiger partial charge on any atom is -0.493 e. The molecule has 1 aromatic carbocycles. The third-order valence-electron chi connectivity index (χ3n) is 3.38. The number of pyridine rings is 1. The maximum atomic E-state index is 11.8. The predicted molar refractivity (Wildman–Crippen MR) is 82.6 cm³/mol. The van der Waals surface area contributed by atoms with Crippen LogP contribution >= 0.6 is 0 Å². The van der Waals surface area contributed by atoms with Gasteiger partial charge in [0, 0.05) is 17.3 Å². The van der Waals surface area contributed by atoms with E-state index in [-0.39, 0.29) is 0 Å². The fraction of sp³-hybridized carbons (Fsp3) is 0.250. The maximum Gasteiger partial charge on any atom is 0.251 e. The zero-order valence-corrected chi connectivity index (χ0v) is 13.0. The summed E-state index contributed by atoms with van der Waals surface area (Å²) in [6.45, 7) is 1.73. The van der Waals surface area contributed by atoms with Crippen LogP contribution in [0.2, 0.25) is 0 Å². The molecule has 0 radical (unpaired) electrons. The van der Waals surface area contributed by atoms with Gasteiger partial charge in [-0.1, -0.05) is 0 Å². The Morgan fingerprint density at radius 3 is 2.23 bits per heavy atom. The van der Waals surface area contributed by atoms with E-state index in [4.69, 9.17) is 19.9 Å². The minimum absolute atomic E-state index is 0.355. The van der Waals surface area contributed by atoms with Gasteiger partial charge in [-0.3, -0.25) is 9.78 Å². The highest BCUT2D eigenvalue weighted by molar-refractivity contribution is 6.01. The Kier molecular flexibility index (Phi) is 4.50. The smallest absolute Gasteiger partial charge is 0.251 e. The van der Waals surface area contributed by atoms with Crippen LogP contribution in [0.4, 0.5) is 0 Å². The first-order valence-electron chi connectivity index (χ1n) is 6.59. The number of hydrogen-bond acceptors (Lipinski definition) is 5. The number of methoxy groups -OCH3 is 3. The summed E-state index contributed by atoms with van der Waals surface area (Å²) < 4.78 is 16.1. The first-order valence-corrected chi connectivity index (χ1v) is 6.59. The van der Waals surface area contributed by atoms with Gasteiger partial charge in [-0.05, 0) is 25.1 Å². The van der Waals surface area contributed by atoms with Gasteiger partial charge in [0.25, 0.3) is 5.91 Å². The number of nitrogens with two attached hydrogens (primary N) is 1. The average Bonchev–Trinajstić information content (AvgIpc) is 2.52. The number of primary amides is 1. The summed E-state index contributed by atoms with van der Waals surface area (Å²) in [6, 6.07) is 5.26. The third-order valence-corrected chi connectivity index (χ3v) is 3.38. The molecule has 2 rings (SSSR count). The molecule has 6 heteroatoms. The maximum absolute atomic E-state index is 11.8. The second-order valence-corrected chi connectivity index (χ2v) is 4.57. The van der Waals surface area contributed by atoms with E-state index >= 15 is 0 Å². The van der Waals surface area contributed by atoms with Gasteiger partial charge in [-0.15, -0.1) is 0 Å². The van der Waals surface area contributed by atoms with Gasteiger partial charge < -0.3 is 19.9 Å². The van der Waals surface area contributed by atoms with Crippen molar-refractivity contribution in [1.29, 1.82) is 0 Å². The fourth-order valence-electron chi connectivity index (χ4n) is 2.42. The van der Waals surface area contributed by atoms with E-state index in [9.17, 15) is 4.79 Å². The largest absolute Gasteiger partial charge is 0.493 e. The lowest BCUT2D eigenvalue weighted by Gasteiger charge is -2.17. The van der Waals surface area contributed by atoms with Crippen LogP contribution in [0.3, 0.4) is 0 Å². The number of nitrogens with zero attached hydrogens (tertiary/aromatic N) is 1. The van der Waals surface area contributed by atoms with Crippen LogP contribution in [0, 0.1) is 6.92 Å². The summed E-state index contributed by atoms with van der Waals surface area (Å²) in [7, 11) is 4.60. The van der Waals surface area contributed by atoms with Gasteiger partial charge in [0.2, 0.25) is 5.75 Å². The molecule has 0 aliphatic rings. The standard InChI is InChI=1S/C16H18N2O4/c1-9-13(16(17)19)10(7-8-18-9)11-5-6-12(20-2)15(22-4)14(11)21-3/h5-8H,1-4H3,(H2,17,19). The molecule has 1 heterocycles. The van der Waals surface area contributed by atoms with Crippen LogP contribution in [0.25, 0.3) is 11.1 Å². The number of hydrogen-bond donors (Lipinski definition) is 1. The van der Waals surface area contributed by atoms with Crippen molar-refractivity contribution in [3.8, 4) is 28.4 Å². The van der Waals surface area contributed by atoms with Crippen molar-refractivity contribution in [2.75, 3.05) is 21.3 Å². The molecule has 0 saturated carbocycles. The molecule has 0 spiro atoms. The number of rotatable bonds is 5. The Hall–Kier alpha value is -2.76. The van der Waals surface area contributed by atoms with E-state index in [1.54, 1.807) is 38.4 Å². The number of aromatic nitrogens is 1. The van der Waals surface area contributed by atoms with E-state index in [0.29, 0.717) is 39.6 Å². The molecule has 0 aliphatic heterocycles. The summed E-state index contributed by atoms with van der Waals surface area (Å²) in [5.74, 6) is 0.911. The van der Waals surface area contributed by atoms with Gasteiger partial charge in [0.1, 0.15) is 0 Å². The van der Waals surface area contributed by atoms with Crippen molar-refractivity contribution in [1.82, 2.24) is 4.98 Å². The first-order chi connectivity index (χ1) is 10.5. The monoisotopic (exact) mass is 302 g/mol. The molecule has 0 fully saturated rings. The van der Waals surface area contributed by atoms with Crippen LogP contribution in [0.5, 0.6) is 17.2 Å². The van der Waals surface area contributed by atoms with Gasteiger partial charge >= 0.3 is 0 Å². The molecule has 116 valence electrons. The Labute approximate surface area is 128 Å². The van der Waals surface area contributed by atoms with E-state index in [1.807, 2.05) is 0 Å². The molecule has 0 bridgehead atoms. The highest BCUT2D eigenvalue weighted by atomic mass is 16.5. The molecule has 6 nitrogen and oxygen atoms in total. The number of benzene rings is 1. The molecule has 0 unspecified atom stereocenters. The number of carbonyl (C=O) groups excluding carboxylic acids is 1. The summed E-state index contributed by atoms with van der Waals surface area (Å²) in [4.78, 5) is 15.9. The normalized spacial score (nSPS) is 10.2. The first kappa shape index (κ1) is 15.6. The number of aryl methyl sites for hydroxylation is 1.